The predicted molar refractivity (Wildman–Crippen MR) is 40.1 cm³/mol. The van der Waals surface area contributed by atoms with Gasteiger partial charge < -0.3 is 12.9 Å². The van der Waals surface area contributed by atoms with Crippen molar-refractivity contribution in [3.63, 3.8) is 0 Å². The van der Waals surface area contributed by atoms with E-state index in [0.29, 0.717) is 6.07 Å². The molecule has 0 spiro atoms. The molecule has 0 radical (unpaired) electrons. The molecule has 0 saturated carbocycles. The number of halogens is 5. The first-order valence-corrected chi connectivity index (χ1v) is 3.44. The molecular formula is C6H3BClF4-. The molecule has 6 heteroatoms. The van der Waals surface area contributed by atoms with Crippen molar-refractivity contribution < 1.29 is 17.3 Å². The predicted octanol–water partition coefficient (Wildman–Crippen LogP) is 2.53. The van der Waals surface area contributed by atoms with E-state index in [9.17, 15) is 17.3 Å². The molecule has 0 saturated heterocycles. The van der Waals surface area contributed by atoms with Gasteiger partial charge in [0.1, 0.15) is 5.82 Å². The van der Waals surface area contributed by atoms with Gasteiger partial charge in [-0.2, -0.15) is 0 Å². The first-order chi connectivity index (χ1) is 5.43. The molecule has 0 nitrogen and oxygen atoms in total. The van der Waals surface area contributed by atoms with Crippen LogP contribution in [0.3, 0.4) is 0 Å². The lowest BCUT2D eigenvalue weighted by molar-refractivity contribution is 0.494. The standard InChI is InChI=1S/C6H3BClF4/c8-5-3-1-2-4(6(5)9)7(10,11)12/h1-3H/q-1. The van der Waals surface area contributed by atoms with E-state index in [1.165, 1.54) is 0 Å². The van der Waals surface area contributed by atoms with Crippen LogP contribution in [0.4, 0.5) is 17.3 Å². The largest absolute Gasteiger partial charge is 0.512 e. The van der Waals surface area contributed by atoms with Crippen LogP contribution in [0.5, 0.6) is 0 Å². The summed E-state index contributed by atoms with van der Waals surface area (Å²) < 4.78 is 48.6. The highest BCUT2D eigenvalue weighted by Gasteiger charge is 2.29. The Labute approximate surface area is 71.2 Å². The van der Waals surface area contributed by atoms with Gasteiger partial charge in [-0.3, -0.25) is 0 Å². The van der Waals surface area contributed by atoms with E-state index in [0.717, 1.165) is 12.1 Å². The third-order valence-corrected chi connectivity index (χ3v) is 1.63. The van der Waals surface area contributed by atoms with Crippen molar-refractivity contribution in [1.82, 2.24) is 0 Å². The van der Waals surface area contributed by atoms with Crippen LogP contribution in [0.1, 0.15) is 0 Å². The van der Waals surface area contributed by atoms with Gasteiger partial charge in [-0.1, -0.05) is 29.2 Å². The lowest BCUT2D eigenvalue weighted by atomic mass is 9.80. The van der Waals surface area contributed by atoms with Crippen LogP contribution < -0.4 is 5.46 Å². The topological polar surface area (TPSA) is 0 Å². The minimum Gasteiger partial charge on any atom is -0.445 e. The summed E-state index contributed by atoms with van der Waals surface area (Å²) in [5.41, 5.74) is -1.28. The Hall–Kier alpha value is -0.705. The van der Waals surface area contributed by atoms with Crippen LogP contribution in [-0.2, 0) is 0 Å². The SMILES string of the molecule is Fc1c(Cl)cccc1[B-](F)(F)F. The Balaban J connectivity index is 3.26. The van der Waals surface area contributed by atoms with Crippen molar-refractivity contribution in [3.05, 3.63) is 29.0 Å². The van der Waals surface area contributed by atoms with Crippen molar-refractivity contribution in [1.29, 1.82) is 0 Å². The fourth-order valence-corrected chi connectivity index (χ4v) is 0.955. The van der Waals surface area contributed by atoms with E-state index in [1.807, 2.05) is 0 Å². The number of benzene rings is 1. The van der Waals surface area contributed by atoms with Gasteiger partial charge in [-0.05, 0) is 6.07 Å². The lowest BCUT2D eigenvalue weighted by Crippen LogP contribution is -2.36. The summed E-state index contributed by atoms with van der Waals surface area (Å²) in [6.07, 6.45) is 0. The fraction of sp³-hybridized carbons (Fsp3) is 0. The average Bonchev–Trinajstić information content (AvgIpc) is 1.92. The molecule has 0 N–H and O–H groups in total. The van der Waals surface area contributed by atoms with E-state index in [-0.39, 0.29) is 0 Å². The molecule has 0 bridgehead atoms. The van der Waals surface area contributed by atoms with Crippen LogP contribution >= 0.6 is 11.6 Å². The Bertz CT molecular complexity index is 296. The maximum absolute atomic E-state index is 12.7. The van der Waals surface area contributed by atoms with Crippen molar-refractivity contribution in [3.8, 4) is 0 Å². The third kappa shape index (κ3) is 1.72. The summed E-state index contributed by atoms with van der Waals surface area (Å²) in [7, 11) is 0. The number of hydrogen-bond donors (Lipinski definition) is 0. The van der Waals surface area contributed by atoms with Crippen LogP contribution in [0.15, 0.2) is 18.2 Å². The zero-order chi connectivity index (χ0) is 9.35. The first kappa shape index (κ1) is 9.38. The molecule has 1 rings (SSSR count). The number of hydrogen-bond acceptors (Lipinski definition) is 0. The molecule has 1 aromatic rings. The fourth-order valence-electron chi connectivity index (χ4n) is 0.773. The molecule has 66 valence electrons. The van der Waals surface area contributed by atoms with E-state index in [1.54, 1.807) is 0 Å². The minimum atomic E-state index is -5.31. The molecule has 0 aromatic heterocycles. The maximum atomic E-state index is 12.7. The molecule has 0 unspecified atom stereocenters. The van der Waals surface area contributed by atoms with E-state index >= 15 is 0 Å². The Kier molecular flexibility index (Phi) is 2.33. The molecule has 12 heavy (non-hydrogen) atoms. The van der Waals surface area contributed by atoms with Crippen LogP contribution in [0.25, 0.3) is 0 Å². The van der Waals surface area contributed by atoms with Crippen molar-refractivity contribution in [2.45, 2.75) is 0 Å². The Morgan fingerprint density at radius 3 is 2.17 bits per heavy atom. The van der Waals surface area contributed by atoms with Gasteiger partial charge in [-0.25, -0.2) is 4.39 Å². The second-order valence-electron chi connectivity index (χ2n) is 2.22. The molecule has 1 aromatic carbocycles. The zero-order valence-electron chi connectivity index (χ0n) is 5.70. The van der Waals surface area contributed by atoms with Gasteiger partial charge in [0.05, 0.1) is 5.02 Å². The average molecular weight is 197 g/mol. The van der Waals surface area contributed by atoms with Crippen molar-refractivity contribution in [2.75, 3.05) is 0 Å². The normalized spacial score (nSPS) is 11.8. The number of rotatable bonds is 1. The smallest absolute Gasteiger partial charge is 0.445 e. The van der Waals surface area contributed by atoms with E-state index in [4.69, 9.17) is 11.6 Å². The summed E-state index contributed by atoms with van der Waals surface area (Å²) in [5.74, 6) is -1.40. The van der Waals surface area contributed by atoms with Gasteiger partial charge in [0.25, 0.3) is 0 Å². The third-order valence-electron chi connectivity index (χ3n) is 1.33. The van der Waals surface area contributed by atoms with Gasteiger partial charge >= 0.3 is 6.98 Å². The monoisotopic (exact) mass is 197 g/mol. The van der Waals surface area contributed by atoms with Crippen molar-refractivity contribution in [2.24, 2.45) is 0 Å². The van der Waals surface area contributed by atoms with E-state index in [2.05, 4.69) is 0 Å². The summed E-state index contributed by atoms with van der Waals surface area (Å²) in [6.45, 7) is -5.31. The van der Waals surface area contributed by atoms with Crippen molar-refractivity contribution >= 4 is 24.0 Å². The van der Waals surface area contributed by atoms with Gasteiger partial charge in [0, 0.05) is 0 Å². The molecule has 0 aliphatic carbocycles. The lowest BCUT2D eigenvalue weighted by Gasteiger charge is -2.15. The molecular weight excluding hydrogens is 194 g/mol. The summed E-state index contributed by atoms with van der Waals surface area (Å²) >= 11 is 5.15. The quantitative estimate of drug-likeness (QED) is 0.479. The second-order valence-corrected chi connectivity index (χ2v) is 2.63. The maximum Gasteiger partial charge on any atom is 0.512 e. The Morgan fingerprint density at radius 2 is 1.75 bits per heavy atom. The molecule has 0 aliphatic heterocycles. The first-order valence-electron chi connectivity index (χ1n) is 3.07. The molecule has 0 aliphatic rings. The summed E-state index contributed by atoms with van der Waals surface area (Å²) in [5, 5.41) is -0.508. The van der Waals surface area contributed by atoms with Crippen LogP contribution in [-0.4, -0.2) is 6.98 Å². The molecule has 0 fully saturated rings. The molecule has 0 heterocycles. The zero-order valence-corrected chi connectivity index (χ0v) is 6.46. The van der Waals surface area contributed by atoms with Gasteiger partial charge in [0.2, 0.25) is 0 Å². The summed E-state index contributed by atoms with van der Waals surface area (Å²) in [6, 6.07) is 2.80. The van der Waals surface area contributed by atoms with Crippen LogP contribution in [0, 0.1) is 5.82 Å². The molecule has 0 atom stereocenters. The van der Waals surface area contributed by atoms with Gasteiger partial charge in [0.15, 0.2) is 0 Å². The van der Waals surface area contributed by atoms with Gasteiger partial charge in [-0.15, -0.1) is 0 Å². The Morgan fingerprint density at radius 1 is 1.17 bits per heavy atom. The summed E-state index contributed by atoms with van der Waals surface area (Å²) in [4.78, 5) is 0. The van der Waals surface area contributed by atoms with E-state index < -0.39 is 23.3 Å². The highest BCUT2D eigenvalue weighted by Crippen LogP contribution is 2.17. The minimum absolute atomic E-state index is 0.508. The van der Waals surface area contributed by atoms with Crippen LogP contribution in [0.2, 0.25) is 5.02 Å². The highest BCUT2D eigenvalue weighted by atomic mass is 35.5. The molecule has 0 amide bonds. The second kappa shape index (κ2) is 2.97. The highest BCUT2D eigenvalue weighted by molar-refractivity contribution is 6.73.